The largest absolute Gasteiger partial charge is 0.309 e. The van der Waals surface area contributed by atoms with E-state index < -0.39 is 10.8 Å². The zero-order chi connectivity index (χ0) is 15.3. The van der Waals surface area contributed by atoms with Crippen molar-refractivity contribution in [1.29, 1.82) is 0 Å². The number of nitrogens with one attached hydrogen (secondary N) is 1. The van der Waals surface area contributed by atoms with Crippen LogP contribution in [-0.4, -0.2) is 21.8 Å². The van der Waals surface area contributed by atoms with E-state index in [0.717, 1.165) is 6.54 Å². The summed E-state index contributed by atoms with van der Waals surface area (Å²) in [6.45, 7) is 13.6. The van der Waals surface area contributed by atoms with E-state index in [4.69, 9.17) is 0 Å². The molecule has 114 valence electrons. The second kappa shape index (κ2) is 7.94. The number of rotatable bonds is 7. The van der Waals surface area contributed by atoms with E-state index in [0.29, 0.717) is 11.7 Å². The van der Waals surface area contributed by atoms with Crippen LogP contribution in [0.5, 0.6) is 0 Å². The first-order valence-corrected chi connectivity index (χ1v) is 8.92. The molecule has 2 nitrogen and oxygen atoms in total. The predicted octanol–water partition coefficient (Wildman–Crippen LogP) is 3.75. The quantitative estimate of drug-likeness (QED) is 0.830. The lowest BCUT2D eigenvalue weighted by molar-refractivity contribution is 0.572. The Kier molecular flexibility index (Phi) is 6.90. The van der Waals surface area contributed by atoms with E-state index in [2.05, 4.69) is 65.1 Å². The molecular weight excluding hydrogens is 266 g/mol. The molecule has 3 unspecified atom stereocenters. The van der Waals surface area contributed by atoms with Crippen molar-refractivity contribution in [3.63, 3.8) is 0 Å². The van der Waals surface area contributed by atoms with Crippen LogP contribution in [0.3, 0.4) is 0 Å². The van der Waals surface area contributed by atoms with Gasteiger partial charge in [0, 0.05) is 27.8 Å². The molecule has 0 radical (unpaired) electrons. The number of aryl methyl sites for hydroxylation is 2. The molecule has 20 heavy (non-hydrogen) atoms. The van der Waals surface area contributed by atoms with Crippen molar-refractivity contribution < 1.29 is 4.21 Å². The van der Waals surface area contributed by atoms with Gasteiger partial charge in [-0.25, -0.2) is 0 Å². The second-order valence-corrected chi connectivity index (χ2v) is 7.81. The van der Waals surface area contributed by atoms with E-state index in [9.17, 15) is 4.21 Å². The summed E-state index contributed by atoms with van der Waals surface area (Å²) < 4.78 is 12.5. The molecular formula is C17H29NOS. The van der Waals surface area contributed by atoms with Crippen LogP contribution in [0, 0.1) is 19.8 Å². The van der Waals surface area contributed by atoms with Crippen molar-refractivity contribution in [3.05, 3.63) is 34.9 Å². The monoisotopic (exact) mass is 295 g/mol. The van der Waals surface area contributed by atoms with Crippen LogP contribution in [-0.2, 0) is 10.8 Å². The van der Waals surface area contributed by atoms with Crippen LogP contribution in [0.15, 0.2) is 18.2 Å². The third-order valence-corrected chi connectivity index (χ3v) is 5.98. The van der Waals surface area contributed by atoms with E-state index >= 15 is 0 Å². The molecule has 1 rings (SSSR count). The highest BCUT2D eigenvalue weighted by molar-refractivity contribution is 7.85. The zero-order valence-electron chi connectivity index (χ0n) is 13.7. The predicted molar refractivity (Wildman–Crippen MR) is 89.6 cm³/mol. The zero-order valence-corrected chi connectivity index (χ0v) is 14.5. The van der Waals surface area contributed by atoms with Gasteiger partial charge in [0.1, 0.15) is 0 Å². The fourth-order valence-corrected chi connectivity index (χ4v) is 3.80. The minimum atomic E-state index is -0.804. The summed E-state index contributed by atoms with van der Waals surface area (Å²) in [5.74, 6) is 1.15. The molecule has 0 aromatic heterocycles. The molecule has 0 aliphatic carbocycles. The molecule has 0 heterocycles. The number of hydrogen-bond acceptors (Lipinski definition) is 2. The second-order valence-electron chi connectivity index (χ2n) is 5.97. The first-order chi connectivity index (χ1) is 9.36. The Balaban J connectivity index is 2.94. The summed E-state index contributed by atoms with van der Waals surface area (Å²) in [4.78, 5) is 0. The van der Waals surface area contributed by atoms with Gasteiger partial charge in [0.15, 0.2) is 0 Å². The Labute approximate surface area is 126 Å². The maximum atomic E-state index is 12.5. The van der Waals surface area contributed by atoms with Crippen molar-refractivity contribution >= 4 is 10.8 Å². The molecule has 0 aliphatic rings. The van der Waals surface area contributed by atoms with Crippen molar-refractivity contribution in [2.24, 2.45) is 5.92 Å². The molecule has 3 atom stereocenters. The SMILES string of the molecule is CCNC(CS(=O)C(C)C(C)C)c1cc(C)ccc1C. The van der Waals surface area contributed by atoms with Crippen molar-refractivity contribution in [2.45, 2.75) is 52.8 Å². The van der Waals surface area contributed by atoms with Gasteiger partial charge in [-0.2, -0.15) is 0 Å². The maximum Gasteiger partial charge on any atom is 0.0439 e. The van der Waals surface area contributed by atoms with Gasteiger partial charge in [-0.15, -0.1) is 0 Å². The normalized spacial score (nSPS) is 16.1. The lowest BCUT2D eigenvalue weighted by atomic mass is 10.00. The van der Waals surface area contributed by atoms with Crippen LogP contribution >= 0.6 is 0 Å². The van der Waals surface area contributed by atoms with Crippen LogP contribution in [0.4, 0.5) is 0 Å². The van der Waals surface area contributed by atoms with E-state index in [1.54, 1.807) is 0 Å². The average Bonchev–Trinajstić information content (AvgIpc) is 2.40. The highest BCUT2D eigenvalue weighted by atomic mass is 32.2. The molecule has 0 spiro atoms. The molecule has 0 aliphatic heterocycles. The van der Waals surface area contributed by atoms with Gasteiger partial charge in [-0.1, -0.05) is 51.5 Å². The summed E-state index contributed by atoms with van der Waals surface area (Å²) in [7, 11) is -0.804. The molecule has 3 heteroatoms. The standard InChI is InChI=1S/C17H29NOS/c1-7-18-17(11-20(19)15(6)12(2)3)16-10-13(4)8-9-14(16)5/h8-10,12,15,17-18H,7,11H2,1-6H3. The fourth-order valence-electron chi connectivity index (χ4n) is 2.26. The van der Waals surface area contributed by atoms with Crippen molar-refractivity contribution in [1.82, 2.24) is 5.32 Å². The molecule has 1 aromatic carbocycles. The summed E-state index contributed by atoms with van der Waals surface area (Å²) in [5.41, 5.74) is 3.82. The minimum Gasteiger partial charge on any atom is -0.309 e. The maximum absolute atomic E-state index is 12.5. The Morgan fingerprint density at radius 2 is 1.85 bits per heavy atom. The summed E-state index contributed by atoms with van der Waals surface area (Å²) in [6, 6.07) is 6.70. The lowest BCUT2D eigenvalue weighted by Crippen LogP contribution is -2.31. The third-order valence-electron chi connectivity index (χ3n) is 3.95. The van der Waals surface area contributed by atoms with Gasteiger partial charge < -0.3 is 5.32 Å². The van der Waals surface area contributed by atoms with Gasteiger partial charge in [-0.3, -0.25) is 4.21 Å². The fraction of sp³-hybridized carbons (Fsp3) is 0.647. The minimum absolute atomic E-state index is 0.182. The first-order valence-electron chi connectivity index (χ1n) is 7.54. The van der Waals surface area contributed by atoms with Crippen LogP contribution in [0.25, 0.3) is 0 Å². The number of hydrogen-bond donors (Lipinski definition) is 1. The highest BCUT2D eigenvalue weighted by Gasteiger charge is 2.21. The molecule has 0 bridgehead atoms. The van der Waals surface area contributed by atoms with Gasteiger partial charge in [0.05, 0.1) is 0 Å². The smallest absolute Gasteiger partial charge is 0.0439 e. The molecule has 0 saturated carbocycles. The number of benzene rings is 1. The molecule has 0 saturated heterocycles. The van der Waals surface area contributed by atoms with Gasteiger partial charge in [-0.05, 0) is 37.4 Å². The van der Waals surface area contributed by atoms with Crippen molar-refractivity contribution in [2.75, 3.05) is 12.3 Å². The Hall–Kier alpha value is -0.670. The van der Waals surface area contributed by atoms with Gasteiger partial charge in [0.25, 0.3) is 0 Å². The Morgan fingerprint density at radius 3 is 2.40 bits per heavy atom. The third kappa shape index (κ3) is 4.71. The van der Waals surface area contributed by atoms with Crippen LogP contribution in [0.2, 0.25) is 0 Å². The van der Waals surface area contributed by atoms with E-state index in [1.807, 2.05) is 0 Å². The van der Waals surface area contributed by atoms with Gasteiger partial charge in [0.2, 0.25) is 0 Å². The Morgan fingerprint density at radius 1 is 1.20 bits per heavy atom. The van der Waals surface area contributed by atoms with Gasteiger partial charge >= 0.3 is 0 Å². The lowest BCUT2D eigenvalue weighted by Gasteiger charge is -2.23. The van der Waals surface area contributed by atoms with Crippen LogP contribution < -0.4 is 5.32 Å². The molecule has 1 N–H and O–H groups in total. The summed E-state index contributed by atoms with van der Waals surface area (Å²) in [5, 5.41) is 3.74. The topological polar surface area (TPSA) is 29.1 Å². The summed E-state index contributed by atoms with van der Waals surface area (Å²) in [6.07, 6.45) is 0. The summed E-state index contributed by atoms with van der Waals surface area (Å²) >= 11 is 0. The van der Waals surface area contributed by atoms with E-state index in [1.165, 1.54) is 16.7 Å². The molecule has 0 fully saturated rings. The highest BCUT2D eigenvalue weighted by Crippen LogP contribution is 2.22. The average molecular weight is 295 g/mol. The van der Waals surface area contributed by atoms with Crippen molar-refractivity contribution in [3.8, 4) is 0 Å². The first kappa shape index (κ1) is 17.4. The Bertz CT molecular complexity index is 456. The van der Waals surface area contributed by atoms with Crippen LogP contribution in [0.1, 0.15) is 50.4 Å². The van der Waals surface area contributed by atoms with E-state index in [-0.39, 0.29) is 11.3 Å². The molecule has 0 amide bonds. The molecule has 1 aromatic rings.